The Kier molecular flexibility index (Phi) is 2.37. The van der Waals surface area contributed by atoms with E-state index in [9.17, 15) is 13.2 Å². The van der Waals surface area contributed by atoms with Gasteiger partial charge in [-0.25, -0.2) is 14.6 Å². The van der Waals surface area contributed by atoms with E-state index in [2.05, 4.69) is 15.1 Å². The lowest BCUT2D eigenvalue weighted by atomic mass is 10.4. The van der Waals surface area contributed by atoms with Crippen LogP contribution < -0.4 is 0 Å². The molecule has 7 heteroatoms. The third kappa shape index (κ3) is 2.02. The molecule has 0 N–H and O–H groups in total. The number of aryl methyl sites for hydroxylation is 1. The van der Waals surface area contributed by atoms with Crippen LogP contribution in [0.3, 0.4) is 0 Å². The van der Waals surface area contributed by atoms with E-state index >= 15 is 0 Å². The molecule has 0 fully saturated rings. The maximum absolute atomic E-state index is 12.4. The quantitative estimate of drug-likeness (QED) is 0.749. The molecule has 84 valence electrons. The second-order valence-electron chi connectivity index (χ2n) is 3.20. The highest BCUT2D eigenvalue weighted by molar-refractivity contribution is 5.17. The Labute approximate surface area is 88.8 Å². The van der Waals surface area contributed by atoms with Gasteiger partial charge in [0.15, 0.2) is 0 Å². The Morgan fingerprint density at radius 2 is 2.06 bits per heavy atom. The monoisotopic (exact) mass is 228 g/mol. The van der Waals surface area contributed by atoms with E-state index in [4.69, 9.17) is 0 Å². The number of hydrogen-bond donors (Lipinski definition) is 0. The highest BCUT2D eigenvalue weighted by Crippen LogP contribution is 2.27. The standard InChI is InChI=1S/C9H7F3N4/c1-6-4-14-16(5-6)8-13-3-2-7(15-8)9(10,11)12/h2-5H,1H3. The summed E-state index contributed by atoms with van der Waals surface area (Å²) in [5, 5.41) is 3.83. The van der Waals surface area contributed by atoms with Gasteiger partial charge in [-0.15, -0.1) is 0 Å². The molecule has 0 aliphatic rings. The number of hydrogen-bond acceptors (Lipinski definition) is 3. The van der Waals surface area contributed by atoms with Crippen molar-refractivity contribution in [1.29, 1.82) is 0 Å². The van der Waals surface area contributed by atoms with Crippen LogP contribution in [0.4, 0.5) is 13.2 Å². The van der Waals surface area contributed by atoms with Crippen molar-refractivity contribution in [1.82, 2.24) is 19.7 Å². The first-order valence-corrected chi connectivity index (χ1v) is 4.39. The summed E-state index contributed by atoms with van der Waals surface area (Å²) < 4.78 is 38.3. The minimum absolute atomic E-state index is 0.0945. The molecule has 2 heterocycles. The summed E-state index contributed by atoms with van der Waals surface area (Å²) in [6.07, 6.45) is -0.346. The number of rotatable bonds is 1. The predicted octanol–water partition coefficient (Wildman–Crippen LogP) is 1.99. The van der Waals surface area contributed by atoms with Gasteiger partial charge in [0.1, 0.15) is 5.69 Å². The summed E-state index contributed by atoms with van der Waals surface area (Å²) in [6.45, 7) is 1.77. The lowest BCUT2D eigenvalue weighted by Gasteiger charge is -2.06. The van der Waals surface area contributed by atoms with Gasteiger partial charge in [0.05, 0.1) is 6.20 Å². The molecule has 0 bridgehead atoms. The molecular formula is C9H7F3N4. The Bertz CT molecular complexity index is 503. The van der Waals surface area contributed by atoms with E-state index in [-0.39, 0.29) is 5.95 Å². The van der Waals surface area contributed by atoms with Crippen molar-refractivity contribution in [2.75, 3.05) is 0 Å². The van der Waals surface area contributed by atoms with Crippen molar-refractivity contribution in [3.8, 4) is 5.95 Å². The second kappa shape index (κ2) is 3.58. The molecule has 0 aliphatic heterocycles. The molecule has 4 nitrogen and oxygen atoms in total. The Balaban J connectivity index is 2.44. The Hall–Kier alpha value is -1.92. The molecule has 0 saturated heterocycles. The molecule has 0 aromatic carbocycles. The fraction of sp³-hybridized carbons (Fsp3) is 0.222. The van der Waals surface area contributed by atoms with Gasteiger partial charge < -0.3 is 0 Å². The van der Waals surface area contributed by atoms with Crippen LogP contribution in [-0.4, -0.2) is 19.7 Å². The third-order valence-corrected chi connectivity index (χ3v) is 1.85. The lowest BCUT2D eigenvalue weighted by Crippen LogP contribution is -2.11. The fourth-order valence-corrected chi connectivity index (χ4v) is 1.14. The number of alkyl halides is 3. The maximum Gasteiger partial charge on any atom is 0.433 e. The molecule has 0 atom stereocenters. The molecule has 2 aromatic rings. The summed E-state index contributed by atoms with van der Waals surface area (Å²) >= 11 is 0. The van der Waals surface area contributed by atoms with Gasteiger partial charge >= 0.3 is 6.18 Å². The molecule has 0 unspecified atom stereocenters. The van der Waals surface area contributed by atoms with E-state index in [1.807, 2.05) is 0 Å². The first-order valence-electron chi connectivity index (χ1n) is 4.39. The van der Waals surface area contributed by atoms with Gasteiger partial charge in [0, 0.05) is 12.4 Å². The molecule has 0 amide bonds. The molecule has 2 rings (SSSR count). The predicted molar refractivity (Wildman–Crippen MR) is 48.9 cm³/mol. The smallest absolute Gasteiger partial charge is 0.220 e. The van der Waals surface area contributed by atoms with E-state index in [1.165, 1.54) is 10.9 Å². The SMILES string of the molecule is Cc1cnn(-c2nccc(C(F)(F)F)n2)c1. The van der Waals surface area contributed by atoms with Crippen LogP contribution in [0.5, 0.6) is 0 Å². The Morgan fingerprint density at radius 3 is 2.62 bits per heavy atom. The molecule has 0 saturated carbocycles. The highest BCUT2D eigenvalue weighted by Gasteiger charge is 2.32. The van der Waals surface area contributed by atoms with Crippen molar-refractivity contribution < 1.29 is 13.2 Å². The molecule has 2 aromatic heterocycles. The molecule has 16 heavy (non-hydrogen) atoms. The number of halogens is 3. The second-order valence-corrected chi connectivity index (χ2v) is 3.20. The zero-order chi connectivity index (χ0) is 11.8. The van der Waals surface area contributed by atoms with Crippen LogP contribution >= 0.6 is 0 Å². The molecule has 0 spiro atoms. The van der Waals surface area contributed by atoms with E-state index in [0.29, 0.717) is 0 Å². The van der Waals surface area contributed by atoms with Crippen LogP contribution in [0.15, 0.2) is 24.7 Å². The average molecular weight is 228 g/mol. The summed E-state index contributed by atoms with van der Waals surface area (Å²) in [7, 11) is 0. The van der Waals surface area contributed by atoms with Crippen LogP contribution in [0.1, 0.15) is 11.3 Å². The largest absolute Gasteiger partial charge is 0.433 e. The van der Waals surface area contributed by atoms with Crippen LogP contribution in [0.25, 0.3) is 5.95 Å². The maximum atomic E-state index is 12.4. The molecular weight excluding hydrogens is 221 g/mol. The van der Waals surface area contributed by atoms with Crippen LogP contribution in [0, 0.1) is 6.92 Å². The van der Waals surface area contributed by atoms with E-state index in [0.717, 1.165) is 17.8 Å². The first kappa shape index (κ1) is 10.6. The lowest BCUT2D eigenvalue weighted by molar-refractivity contribution is -0.141. The number of aromatic nitrogens is 4. The highest BCUT2D eigenvalue weighted by atomic mass is 19.4. The molecule has 0 radical (unpaired) electrons. The van der Waals surface area contributed by atoms with Crippen molar-refractivity contribution in [3.63, 3.8) is 0 Å². The van der Waals surface area contributed by atoms with Crippen molar-refractivity contribution in [3.05, 3.63) is 35.9 Å². The summed E-state index contributed by atoms with van der Waals surface area (Å²) in [5.74, 6) is -0.0945. The van der Waals surface area contributed by atoms with Crippen LogP contribution in [0.2, 0.25) is 0 Å². The van der Waals surface area contributed by atoms with Gasteiger partial charge in [-0.05, 0) is 18.6 Å². The van der Waals surface area contributed by atoms with Crippen molar-refractivity contribution in [2.24, 2.45) is 0 Å². The third-order valence-electron chi connectivity index (χ3n) is 1.85. The van der Waals surface area contributed by atoms with Gasteiger partial charge in [-0.3, -0.25) is 0 Å². The van der Waals surface area contributed by atoms with Gasteiger partial charge in [0.2, 0.25) is 0 Å². The van der Waals surface area contributed by atoms with Gasteiger partial charge in [-0.1, -0.05) is 0 Å². The van der Waals surface area contributed by atoms with Crippen molar-refractivity contribution in [2.45, 2.75) is 13.1 Å². The fourth-order valence-electron chi connectivity index (χ4n) is 1.14. The average Bonchev–Trinajstić information content (AvgIpc) is 2.64. The molecule has 0 aliphatic carbocycles. The normalized spacial score (nSPS) is 11.8. The van der Waals surface area contributed by atoms with Crippen molar-refractivity contribution >= 4 is 0 Å². The van der Waals surface area contributed by atoms with Gasteiger partial charge in [0.25, 0.3) is 5.95 Å². The minimum atomic E-state index is -4.47. The Morgan fingerprint density at radius 1 is 1.31 bits per heavy atom. The summed E-state index contributed by atoms with van der Waals surface area (Å²) in [5.41, 5.74) is -0.160. The topological polar surface area (TPSA) is 43.6 Å². The zero-order valence-corrected chi connectivity index (χ0v) is 8.23. The summed E-state index contributed by atoms with van der Waals surface area (Å²) in [4.78, 5) is 7.12. The van der Waals surface area contributed by atoms with Gasteiger partial charge in [-0.2, -0.15) is 18.3 Å². The van der Waals surface area contributed by atoms with E-state index in [1.54, 1.807) is 13.1 Å². The summed E-state index contributed by atoms with van der Waals surface area (Å²) in [6, 6.07) is 0.819. The van der Waals surface area contributed by atoms with E-state index < -0.39 is 11.9 Å². The minimum Gasteiger partial charge on any atom is -0.220 e. The van der Waals surface area contributed by atoms with Crippen LogP contribution in [-0.2, 0) is 6.18 Å². The zero-order valence-electron chi connectivity index (χ0n) is 8.23. The number of nitrogens with zero attached hydrogens (tertiary/aromatic N) is 4. The first-order chi connectivity index (χ1) is 7.47.